The zero-order valence-electron chi connectivity index (χ0n) is 20.1. The van der Waals surface area contributed by atoms with Crippen LogP contribution in [-0.4, -0.2) is 36.4 Å². The second-order valence-corrected chi connectivity index (χ2v) is 9.15. The lowest BCUT2D eigenvalue weighted by Gasteiger charge is -2.11. The smallest absolute Gasteiger partial charge is 0.234 e. The molecule has 9 heteroatoms. The monoisotopic (exact) mass is 508 g/mol. The van der Waals surface area contributed by atoms with Gasteiger partial charge in [-0.05, 0) is 48.9 Å². The number of nitrogens with zero attached hydrogens (tertiary/aromatic N) is 5. The minimum absolute atomic E-state index is 0.150. The molecule has 0 aliphatic rings. The predicted octanol–water partition coefficient (Wildman–Crippen LogP) is 5.34. The molecule has 1 N–H and O–H groups in total. The number of carbonyl (C=O) groups is 1. The minimum Gasteiger partial charge on any atom is -0.489 e. The molecule has 0 spiro atoms. The number of hydrogen-bond acceptors (Lipinski definition) is 7. The molecule has 0 saturated heterocycles. The van der Waals surface area contributed by atoms with Crippen LogP contribution in [0.15, 0.2) is 103 Å². The molecule has 2 aromatic heterocycles. The zero-order chi connectivity index (χ0) is 25.5. The lowest BCUT2D eigenvalue weighted by molar-refractivity contribution is -0.113. The summed E-state index contributed by atoms with van der Waals surface area (Å²) in [6, 6.07) is 25.3. The normalized spacial score (nSPS) is 10.7. The third-order valence-corrected chi connectivity index (χ3v) is 6.37. The summed E-state index contributed by atoms with van der Waals surface area (Å²) >= 11 is 1.30. The molecule has 0 bridgehead atoms. The van der Waals surface area contributed by atoms with Gasteiger partial charge in [0.15, 0.2) is 11.0 Å². The van der Waals surface area contributed by atoms with E-state index in [2.05, 4.69) is 25.5 Å². The quantitative estimate of drug-likeness (QED) is 0.269. The topological polar surface area (TPSA) is 94.8 Å². The average molecular weight is 509 g/mol. The van der Waals surface area contributed by atoms with Gasteiger partial charge >= 0.3 is 0 Å². The van der Waals surface area contributed by atoms with Gasteiger partial charge in [-0.1, -0.05) is 59.8 Å². The number of carbonyl (C=O) groups excluding carboxylic acids is 1. The third-order valence-electron chi connectivity index (χ3n) is 5.44. The highest BCUT2D eigenvalue weighted by Gasteiger charge is 2.18. The number of nitrogens with one attached hydrogen (secondary N) is 1. The van der Waals surface area contributed by atoms with E-state index in [1.54, 1.807) is 18.6 Å². The Hall–Kier alpha value is -4.50. The highest BCUT2D eigenvalue weighted by atomic mass is 32.2. The van der Waals surface area contributed by atoms with Crippen molar-refractivity contribution in [1.29, 1.82) is 0 Å². The van der Waals surface area contributed by atoms with E-state index in [4.69, 9.17) is 4.74 Å². The number of ether oxygens (including phenoxy) is 1. The number of benzene rings is 3. The Bertz CT molecular complexity index is 1460. The predicted molar refractivity (Wildman–Crippen MR) is 144 cm³/mol. The van der Waals surface area contributed by atoms with Gasteiger partial charge in [0.1, 0.15) is 18.1 Å². The largest absolute Gasteiger partial charge is 0.489 e. The molecule has 0 atom stereocenters. The van der Waals surface area contributed by atoms with Crippen LogP contribution >= 0.6 is 11.8 Å². The second kappa shape index (κ2) is 11.5. The van der Waals surface area contributed by atoms with Crippen molar-refractivity contribution in [3.8, 4) is 23.0 Å². The fourth-order valence-corrected chi connectivity index (χ4v) is 4.32. The van der Waals surface area contributed by atoms with E-state index in [9.17, 15) is 4.79 Å². The molecule has 0 unspecified atom stereocenters. The summed E-state index contributed by atoms with van der Waals surface area (Å²) in [6.45, 7) is 2.52. The summed E-state index contributed by atoms with van der Waals surface area (Å²) in [7, 11) is 0. The maximum Gasteiger partial charge on any atom is 0.234 e. The fraction of sp³-hybridized carbons (Fsp3) is 0.107. The Morgan fingerprint density at radius 2 is 1.73 bits per heavy atom. The highest BCUT2D eigenvalue weighted by molar-refractivity contribution is 7.99. The van der Waals surface area contributed by atoms with Crippen molar-refractivity contribution in [1.82, 2.24) is 24.7 Å². The second-order valence-electron chi connectivity index (χ2n) is 8.20. The van der Waals surface area contributed by atoms with E-state index in [0.29, 0.717) is 29.0 Å². The molecule has 2 heterocycles. The number of anilines is 1. The minimum atomic E-state index is -0.150. The zero-order valence-corrected chi connectivity index (χ0v) is 20.9. The molecule has 0 saturated carbocycles. The summed E-state index contributed by atoms with van der Waals surface area (Å²) in [6.07, 6.45) is 4.86. The van der Waals surface area contributed by atoms with Gasteiger partial charge in [0, 0.05) is 23.8 Å². The summed E-state index contributed by atoms with van der Waals surface area (Å²) in [5.41, 5.74) is 4.41. The molecule has 37 heavy (non-hydrogen) atoms. The summed E-state index contributed by atoms with van der Waals surface area (Å²) in [4.78, 5) is 21.2. The Morgan fingerprint density at radius 1 is 0.946 bits per heavy atom. The standard InChI is InChI=1S/C28H24N6O2S/c1-20-7-11-23(12-8-20)34-27(25-17-29-15-16-30-25)32-33-28(34)37-19-26(35)31-22-9-13-24(14-10-22)36-18-21-5-3-2-4-6-21/h2-17H,18-19H2,1H3,(H,31,35). The molecule has 5 rings (SSSR count). The first-order valence-electron chi connectivity index (χ1n) is 11.6. The number of aryl methyl sites for hydroxylation is 1. The van der Waals surface area contributed by atoms with Gasteiger partial charge < -0.3 is 10.1 Å². The molecule has 0 aliphatic carbocycles. The lowest BCUT2D eigenvalue weighted by atomic mass is 10.2. The molecule has 0 fully saturated rings. The first-order chi connectivity index (χ1) is 18.2. The Balaban J connectivity index is 1.24. The van der Waals surface area contributed by atoms with Crippen molar-refractivity contribution in [2.24, 2.45) is 0 Å². The molecular formula is C28H24N6O2S. The van der Waals surface area contributed by atoms with Crippen molar-refractivity contribution in [2.45, 2.75) is 18.7 Å². The third kappa shape index (κ3) is 6.20. The van der Waals surface area contributed by atoms with Crippen LogP contribution in [0.1, 0.15) is 11.1 Å². The number of aromatic nitrogens is 5. The van der Waals surface area contributed by atoms with E-state index in [0.717, 1.165) is 22.6 Å². The van der Waals surface area contributed by atoms with Crippen molar-refractivity contribution < 1.29 is 9.53 Å². The first kappa shape index (κ1) is 24.2. The van der Waals surface area contributed by atoms with Crippen LogP contribution < -0.4 is 10.1 Å². The van der Waals surface area contributed by atoms with Gasteiger partial charge in [-0.25, -0.2) is 4.98 Å². The van der Waals surface area contributed by atoms with Gasteiger partial charge in [-0.15, -0.1) is 10.2 Å². The highest BCUT2D eigenvalue weighted by Crippen LogP contribution is 2.27. The van der Waals surface area contributed by atoms with Gasteiger partial charge in [0.2, 0.25) is 5.91 Å². The molecule has 184 valence electrons. The van der Waals surface area contributed by atoms with Crippen LogP contribution in [0.2, 0.25) is 0 Å². The molecule has 3 aromatic carbocycles. The van der Waals surface area contributed by atoms with Crippen LogP contribution in [-0.2, 0) is 11.4 Å². The van der Waals surface area contributed by atoms with Crippen molar-refractivity contribution in [3.63, 3.8) is 0 Å². The Labute approximate surface area is 218 Å². The number of hydrogen-bond donors (Lipinski definition) is 1. The maximum absolute atomic E-state index is 12.7. The van der Waals surface area contributed by atoms with Gasteiger partial charge in [0.25, 0.3) is 0 Å². The fourth-order valence-electron chi connectivity index (χ4n) is 3.57. The lowest BCUT2D eigenvalue weighted by Crippen LogP contribution is -2.14. The van der Waals surface area contributed by atoms with E-state index in [-0.39, 0.29) is 11.7 Å². The first-order valence-corrected chi connectivity index (χ1v) is 12.6. The van der Waals surface area contributed by atoms with Gasteiger partial charge in [0.05, 0.1) is 11.9 Å². The van der Waals surface area contributed by atoms with E-state index in [1.807, 2.05) is 90.4 Å². The Kier molecular flexibility index (Phi) is 7.52. The number of amides is 1. The maximum atomic E-state index is 12.7. The molecule has 1 amide bonds. The van der Waals surface area contributed by atoms with E-state index < -0.39 is 0 Å². The molecule has 8 nitrogen and oxygen atoms in total. The number of thioether (sulfide) groups is 1. The van der Waals surface area contributed by atoms with Gasteiger partial charge in [-0.3, -0.25) is 14.3 Å². The van der Waals surface area contributed by atoms with Crippen molar-refractivity contribution >= 4 is 23.4 Å². The van der Waals surface area contributed by atoms with Crippen molar-refractivity contribution in [3.05, 3.63) is 109 Å². The van der Waals surface area contributed by atoms with E-state index >= 15 is 0 Å². The molecule has 5 aromatic rings. The van der Waals surface area contributed by atoms with E-state index in [1.165, 1.54) is 11.8 Å². The summed E-state index contributed by atoms with van der Waals surface area (Å²) in [5.74, 6) is 1.31. The van der Waals surface area contributed by atoms with Crippen LogP contribution in [0, 0.1) is 6.92 Å². The average Bonchev–Trinajstić information content (AvgIpc) is 3.37. The molecular weight excluding hydrogens is 484 g/mol. The molecule has 0 radical (unpaired) electrons. The van der Waals surface area contributed by atoms with Crippen LogP contribution in [0.5, 0.6) is 5.75 Å². The van der Waals surface area contributed by atoms with Gasteiger partial charge in [-0.2, -0.15) is 0 Å². The summed E-state index contributed by atoms with van der Waals surface area (Å²) in [5, 5.41) is 12.2. The van der Waals surface area contributed by atoms with Crippen LogP contribution in [0.25, 0.3) is 17.2 Å². The summed E-state index contributed by atoms with van der Waals surface area (Å²) < 4.78 is 7.70. The Morgan fingerprint density at radius 3 is 2.46 bits per heavy atom. The van der Waals surface area contributed by atoms with Crippen LogP contribution in [0.3, 0.4) is 0 Å². The van der Waals surface area contributed by atoms with Crippen LogP contribution in [0.4, 0.5) is 5.69 Å². The van der Waals surface area contributed by atoms with Crippen molar-refractivity contribution in [2.75, 3.05) is 11.1 Å². The number of rotatable bonds is 9. The SMILES string of the molecule is Cc1ccc(-n2c(SCC(=O)Nc3ccc(OCc4ccccc4)cc3)nnc2-c2cnccn2)cc1. The molecule has 0 aliphatic heterocycles.